The van der Waals surface area contributed by atoms with E-state index in [0.29, 0.717) is 49.3 Å². The van der Waals surface area contributed by atoms with Gasteiger partial charge in [-0.2, -0.15) is 0 Å². The van der Waals surface area contributed by atoms with E-state index in [4.69, 9.17) is 9.47 Å². The number of amides is 3. The molecule has 3 amide bonds. The number of fused-ring (bicyclic) bond motifs is 1. The molecule has 0 aliphatic carbocycles. The van der Waals surface area contributed by atoms with Gasteiger partial charge in [0.15, 0.2) is 0 Å². The van der Waals surface area contributed by atoms with Crippen LogP contribution in [0.1, 0.15) is 49.9 Å². The second-order valence-corrected chi connectivity index (χ2v) is 7.47. The van der Waals surface area contributed by atoms with Crippen LogP contribution in [-0.4, -0.2) is 50.6 Å². The van der Waals surface area contributed by atoms with Crippen LogP contribution in [0, 0.1) is 5.92 Å². The van der Waals surface area contributed by atoms with E-state index >= 15 is 0 Å². The summed E-state index contributed by atoms with van der Waals surface area (Å²) < 4.78 is 10.9. The third-order valence-electron chi connectivity index (χ3n) is 4.54. The molecule has 0 spiro atoms. The van der Waals surface area contributed by atoms with Crippen molar-refractivity contribution in [3.05, 3.63) is 23.8 Å². The molecule has 0 fully saturated rings. The zero-order valence-electron chi connectivity index (χ0n) is 17.4. The minimum atomic E-state index is -0.590. The lowest BCUT2D eigenvalue weighted by Crippen LogP contribution is -2.47. The van der Waals surface area contributed by atoms with Crippen molar-refractivity contribution in [2.24, 2.45) is 5.92 Å². The molecule has 0 unspecified atom stereocenters. The molecule has 3 N–H and O–H groups in total. The summed E-state index contributed by atoms with van der Waals surface area (Å²) in [4.78, 5) is 37.1. The molecule has 160 valence electrons. The summed E-state index contributed by atoms with van der Waals surface area (Å²) in [6.07, 6.45) is 2.29. The highest BCUT2D eigenvalue weighted by Crippen LogP contribution is 2.25. The van der Waals surface area contributed by atoms with Crippen LogP contribution in [0.25, 0.3) is 0 Å². The van der Waals surface area contributed by atoms with Crippen molar-refractivity contribution in [1.82, 2.24) is 16.0 Å². The molecule has 29 heavy (non-hydrogen) atoms. The Morgan fingerprint density at radius 1 is 1.24 bits per heavy atom. The SMILES string of the molecule is COc1ccc2c(c1)OCCNC(=O)[C@@H](NC(=O)CC(C)C)CCCCNC2=O. The van der Waals surface area contributed by atoms with E-state index in [1.807, 2.05) is 13.8 Å². The van der Waals surface area contributed by atoms with Crippen LogP contribution >= 0.6 is 0 Å². The van der Waals surface area contributed by atoms with E-state index in [2.05, 4.69) is 16.0 Å². The Bertz CT molecular complexity index is 720. The second-order valence-electron chi connectivity index (χ2n) is 7.47. The first-order chi connectivity index (χ1) is 13.9. The Morgan fingerprint density at radius 3 is 2.76 bits per heavy atom. The minimum Gasteiger partial charge on any atom is -0.497 e. The van der Waals surface area contributed by atoms with E-state index < -0.39 is 6.04 Å². The smallest absolute Gasteiger partial charge is 0.255 e. The van der Waals surface area contributed by atoms with Gasteiger partial charge in [0.2, 0.25) is 11.8 Å². The van der Waals surface area contributed by atoms with Crippen LogP contribution in [0.3, 0.4) is 0 Å². The maximum atomic E-state index is 12.5. The number of benzene rings is 1. The third kappa shape index (κ3) is 7.29. The number of carbonyl (C=O) groups excluding carboxylic acids is 3. The predicted octanol–water partition coefficient (Wildman–Crippen LogP) is 1.63. The molecule has 0 radical (unpaired) electrons. The van der Waals surface area contributed by atoms with E-state index in [0.717, 1.165) is 0 Å². The predicted molar refractivity (Wildman–Crippen MR) is 109 cm³/mol. The third-order valence-corrected chi connectivity index (χ3v) is 4.54. The van der Waals surface area contributed by atoms with Crippen LogP contribution in [0.4, 0.5) is 0 Å². The maximum Gasteiger partial charge on any atom is 0.255 e. The molecule has 2 rings (SSSR count). The number of methoxy groups -OCH3 is 1. The van der Waals surface area contributed by atoms with Gasteiger partial charge in [-0.25, -0.2) is 0 Å². The van der Waals surface area contributed by atoms with Gasteiger partial charge >= 0.3 is 0 Å². The maximum absolute atomic E-state index is 12.5. The number of ether oxygens (including phenoxy) is 2. The minimum absolute atomic E-state index is 0.133. The number of nitrogens with one attached hydrogen (secondary N) is 3. The highest BCUT2D eigenvalue weighted by molar-refractivity contribution is 5.97. The molecular weight excluding hydrogens is 374 g/mol. The van der Waals surface area contributed by atoms with E-state index in [9.17, 15) is 14.4 Å². The average molecular weight is 405 g/mol. The molecule has 8 heteroatoms. The van der Waals surface area contributed by atoms with Crippen molar-refractivity contribution in [2.45, 2.75) is 45.6 Å². The van der Waals surface area contributed by atoms with Gasteiger partial charge in [0.05, 0.1) is 19.2 Å². The number of carbonyl (C=O) groups is 3. The number of hydrogen-bond acceptors (Lipinski definition) is 5. The second kappa shape index (κ2) is 11.3. The first-order valence-corrected chi connectivity index (χ1v) is 10.1. The summed E-state index contributed by atoms with van der Waals surface area (Å²) in [5, 5.41) is 8.50. The van der Waals surface area contributed by atoms with Gasteiger partial charge in [0.25, 0.3) is 5.91 Å². The summed E-state index contributed by atoms with van der Waals surface area (Å²) >= 11 is 0. The number of hydrogen-bond donors (Lipinski definition) is 3. The van der Waals surface area contributed by atoms with Crippen molar-refractivity contribution in [2.75, 3.05) is 26.8 Å². The van der Waals surface area contributed by atoms with Gasteiger partial charge in [-0.3, -0.25) is 14.4 Å². The van der Waals surface area contributed by atoms with Gasteiger partial charge in [-0.15, -0.1) is 0 Å². The molecule has 0 saturated heterocycles. The van der Waals surface area contributed by atoms with Crippen LogP contribution in [0.5, 0.6) is 11.5 Å². The molecule has 0 bridgehead atoms. The molecule has 1 aliphatic heterocycles. The van der Waals surface area contributed by atoms with E-state index in [1.54, 1.807) is 25.3 Å². The molecule has 1 aromatic carbocycles. The Balaban J connectivity index is 2.06. The van der Waals surface area contributed by atoms with Crippen molar-refractivity contribution in [3.63, 3.8) is 0 Å². The zero-order chi connectivity index (χ0) is 21.2. The van der Waals surface area contributed by atoms with Crippen molar-refractivity contribution < 1.29 is 23.9 Å². The average Bonchev–Trinajstić information content (AvgIpc) is 2.68. The topological polar surface area (TPSA) is 106 Å². The quantitative estimate of drug-likeness (QED) is 0.706. The zero-order valence-corrected chi connectivity index (χ0v) is 17.4. The monoisotopic (exact) mass is 405 g/mol. The van der Waals surface area contributed by atoms with Gasteiger partial charge in [-0.1, -0.05) is 13.8 Å². The van der Waals surface area contributed by atoms with Crippen molar-refractivity contribution >= 4 is 17.7 Å². The summed E-state index contributed by atoms with van der Waals surface area (Å²) in [7, 11) is 1.54. The van der Waals surface area contributed by atoms with Gasteiger partial charge < -0.3 is 25.4 Å². The molecule has 1 atom stereocenters. The van der Waals surface area contributed by atoms with Crippen LogP contribution < -0.4 is 25.4 Å². The van der Waals surface area contributed by atoms with Gasteiger partial charge in [0, 0.05) is 19.0 Å². The Labute approximate surface area is 171 Å². The summed E-state index contributed by atoms with van der Waals surface area (Å²) in [5.74, 6) is 0.622. The standard InChI is InChI=1S/C21H31N3O5/c1-14(2)12-19(25)24-17-6-4-5-9-22-20(26)16-8-7-15(28-3)13-18(16)29-11-10-23-21(17)27/h7-8,13-14,17H,4-6,9-12H2,1-3H3,(H,22,26)(H,23,27)(H,24,25)/t17-/m0/s1. The summed E-state index contributed by atoms with van der Waals surface area (Å²) in [6.45, 7) is 4.83. The molecule has 0 aromatic heterocycles. The lowest BCUT2D eigenvalue weighted by Gasteiger charge is -2.20. The normalized spacial score (nSPS) is 18.6. The first kappa shape index (κ1) is 22.5. The molecule has 0 saturated carbocycles. The summed E-state index contributed by atoms with van der Waals surface area (Å²) in [6, 6.07) is 4.43. The lowest BCUT2D eigenvalue weighted by atomic mass is 10.1. The Morgan fingerprint density at radius 2 is 2.03 bits per heavy atom. The number of rotatable bonds is 4. The van der Waals surface area contributed by atoms with Crippen molar-refractivity contribution in [3.8, 4) is 11.5 Å². The van der Waals surface area contributed by atoms with Crippen LogP contribution in [0.2, 0.25) is 0 Å². The molecule has 1 aliphatic rings. The fourth-order valence-corrected chi connectivity index (χ4v) is 3.06. The van der Waals surface area contributed by atoms with Gasteiger partial charge in [0.1, 0.15) is 24.1 Å². The first-order valence-electron chi connectivity index (χ1n) is 10.1. The molecule has 1 heterocycles. The molecule has 1 aromatic rings. The Kier molecular flexibility index (Phi) is 8.76. The van der Waals surface area contributed by atoms with E-state index in [1.165, 1.54) is 0 Å². The van der Waals surface area contributed by atoms with Gasteiger partial charge in [-0.05, 0) is 37.3 Å². The lowest BCUT2D eigenvalue weighted by molar-refractivity contribution is -0.129. The fraction of sp³-hybridized carbons (Fsp3) is 0.571. The Hall–Kier alpha value is -2.77. The highest BCUT2D eigenvalue weighted by atomic mass is 16.5. The molecular formula is C21H31N3O5. The van der Waals surface area contributed by atoms with Crippen LogP contribution in [0.15, 0.2) is 18.2 Å². The van der Waals surface area contributed by atoms with E-state index in [-0.39, 0.29) is 36.8 Å². The van der Waals surface area contributed by atoms with Crippen LogP contribution in [-0.2, 0) is 9.59 Å². The summed E-state index contributed by atoms with van der Waals surface area (Å²) in [5.41, 5.74) is 0.424. The molecule has 8 nitrogen and oxygen atoms in total. The fourth-order valence-electron chi connectivity index (χ4n) is 3.06. The largest absolute Gasteiger partial charge is 0.497 e. The van der Waals surface area contributed by atoms with Crippen molar-refractivity contribution in [1.29, 1.82) is 0 Å². The highest BCUT2D eigenvalue weighted by Gasteiger charge is 2.21.